The number of carbonyl (C=O) groups excluding carboxylic acids is 1. The molecule has 0 aromatic heterocycles. The van der Waals surface area contributed by atoms with E-state index in [-0.39, 0.29) is 5.91 Å². The van der Waals surface area contributed by atoms with Crippen molar-refractivity contribution in [3.8, 4) is 0 Å². The number of ether oxygens (including phenoxy) is 1. The smallest absolute Gasteiger partial charge is 0.225 e. The topological polar surface area (TPSA) is 53.0 Å². The highest BCUT2D eigenvalue weighted by molar-refractivity contribution is 5.78. The molecule has 2 heterocycles. The Morgan fingerprint density at radius 1 is 1.09 bits per heavy atom. The summed E-state index contributed by atoms with van der Waals surface area (Å²) >= 11 is 0. The number of morpholine rings is 1. The monoisotopic (exact) mass is 310 g/mol. The van der Waals surface area contributed by atoms with Crippen LogP contribution in [0.1, 0.15) is 51.4 Å². The number of aliphatic hydroxyl groups is 1. The van der Waals surface area contributed by atoms with E-state index in [9.17, 15) is 9.90 Å². The number of likely N-dealkylation sites (tertiary alicyclic amines) is 1. The zero-order valence-electron chi connectivity index (χ0n) is 13.6. The van der Waals surface area contributed by atoms with Gasteiger partial charge in [0, 0.05) is 32.2 Å². The highest BCUT2D eigenvalue weighted by atomic mass is 16.5. The molecule has 0 aromatic carbocycles. The van der Waals surface area contributed by atoms with Crippen LogP contribution in [0.4, 0.5) is 0 Å². The molecule has 1 atom stereocenters. The Kier molecular flexibility index (Phi) is 5.37. The van der Waals surface area contributed by atoms with Gasteiger partial charge in [0.15, 0.2) is 0 Å². The number of nitrogens with zero attached hydrogens (tertiary/aromatic N) is 2. The molecule has 2 saturated heterocycles. The lowest BCUT2D eigenvalue weighted by molar-refractivity contribution is -0.139. The zero-order chi connectivity index (χ0) is 15.4. The largest absolute Gasteiger partial charge is 0.389 e. The Hall–Kier alpha value is -0.650. The molecule has 1 aliphatic carbocycles. The molecule has 3 fully saturated rings. The molecule has 1 saturated carbocycles. The minimum absolute atomic E-state index is 0.167. The Balaban J connectivity index is 1.53. The van der Waals surface area contributed by atoms with Crippen LogP contribution in [0.15, 0.2) is 0 Å². The van der Waals surface area contributed by atoms with E-state index in [1.54, 1.807) is 0 Å². The van der Waals surface area contributed by atoms with Gasteiger partial charge in [0.2, 0.25) is 5.91 Å². The molecular weight excluding hydrogens is 280 g/mol. The van der Waals surface area contributed by atoms with Crippen LogP contribution in [0, 0.1) is 0 Å². The minimum Gasteiger partial charge on any atom is -0.389 e. The summed E-state index contributed by atoms with van der Waals surface area (Å²) in [5.74, 6) is 0.167. The van der Waals surface area contributed by atoms with Crippen LogP contribution < -0.4 is 0 Å². The van der Waals surface area contributed by atoms with Crippen LogP contribution >= 0.6 is 0 Å². The maximum absolute atomic E-state index is 12.7. The number of hydrogen-bond acceptors (Lipinski definition) is 4. The van der Waals surface area contributed by atoms with Gasteiger partial charge in [-0.15, -0.1) is 0 Å². The summed E-state index contributed by atoms with van der Waals surface area (Å²) < 4.78 is 5.40. The molecular formula is C17H30N2O3. The Morgan fingerprint density at radius 2 is 1.82 bits per heavy atom. The normalized spacial score (nSPS) is 29.7. The predicted octanol–water partition coefficient (Wildman–Crippen LogP) is 1.39. The standard InChI is InChI=1S/C17H30N2O3/c20-16(13-17(21)6-2-1-3-7-17)19-8-4-5-15(19)14-18-9-11-22-12-10-18/h15,21H,1-14H2. The molecule has 0 radical (unpaired) electrons. The lowest BCUT2D eigenvalue weighted by atomic mass is 9.82. The van der Waals surface area contributed by atoms with E-state index in [4.69, 9.17) is 4.74 Å². The lowest BCUT2D eigenvalue weighted by Gasteiger charge is -2.36. The highest BCUT2D eigenvalue weighted by Crippen LogP contribution is 2.32. The fraction of sp³-hybridized carbons (Fsp3) is 0.941. The lowest BCUT2D eigenvalue weighted by Crippen LogP contribution is -2.48. The fourth-order valence-electron chi connectivity index (χ4n) is 4.21. The summed E-state index contributed by atoms with van der Waals surface area (Å²) in [7, 11) is 0. The summed E-state index contributed by atoms with van der Waals surface area (Å²) in [5.41, 5.74) is -0.735. The maximum atomic E-state index is 12.7. The van der Waals surface area contributed by atoms with Crippen LogP contribution in [-0.2, 0) is 9.53 Å². The molecule has 1 N–H and O–H groups in total. The van der Waals surface area contributed by atoms with E-state index in [2.05, 4.69) is 4.90 Å². The van der Waals surface area contributed by atoms with Gasteiger partial charge in [0.25, 0.3) is 0 Å². The van der Waals surface area contributed by atoms with Crippen molar-refractivity contribution in [3.63, 3.8) is 0 Å². The van der Waals surface area contributed by atoms with Crippen molar-refractivity contribution in [2.75, 3.05) is 39.4 Å². The molecule has 3 rings (SSSR count). The van der Waals surface area contributed by atoms with E-state index in [0.29, 0.717) is 12.5 Å². The SMILES string of the molecule is O=C(CC1(O)CCCCC1)N1CCCC1CN1CCOCC1. The van der Waals surface area contributed by atoms with Gasteiger partial charge in [0.1, 0.15) is 0 Å². The third-order valence-electron chi connectivity index (χ3n) is 5.53. The van der Waals surface area contributed by atoms with Crippen LogP contribution in [0.5, 0.6) is 0 Å². The summed E-state index contributed by atoms with van der Waals surface area (Å²) in [5, 5.41) is 10.6. The molecule has 0 aromatic rings. The molecule has 0 spiro atoms. The minimum atomic E-state index is -0.735. The maximum Gasteiger partial charge on any atom is 0.225 e. The molecule has 3 aliphatic rings. The van der Waals surface area contributed by atoms with Gasteiger partial charge in [-0.3, -0.25) is 9.69 Å². The van der Waals surface area contributed by atoms with E-state index >= 15 is 0 Å². The second kappa shape index (κ2) is 7.28. The Labute approximate surface area is 133 Å². The average molecular weight is 310 g/mol. The van der Waals surface area contributed by atoms with Crippen LogP contribution in [0.3, 0.4) is 0 Å². The predicted molar refractivity (Wildman–Crippen MR) is 84.6 cm³/mol. The second-order valence-electron chi connectivity index (χ2n) is 7.26. The Bertz CT molecular complexity index is 376. The molecule has 5 nitrogen and oxygen atoms in total. The fourth-order valence-corrected chi connectivity index (χ4v) is 4.21. The number of carbonyl (C=O) groups is 1. The van der Waals surface area contributed by atoms with Crippen LogP contribution in [0.25, 0.3) is 0 Å². The Morgan fingerprint density at radius 3 is 2.55 bits per heavy atom. The van der Waals surface area contributed by atoms with Gasteiger partial charge in [-0.1, -0.05) is 19.3 Å². The molecule has 126 valence electrons. The van der Waals surface area contributed by atoms with Crippen molar-refractivity contribution in [2.24, 2.45) is 0 Å². The molecule has 1 unspecified atom stereocenters. The number of amides is 1. The highest BCUT2D eigenvalue weighted by Gasteiger charge is 2.37. The van der Waals surface area contributed by atoms with Gasteiger partial charge in [-0.2, -0.15) is 0 Å². The molecule has 1 amide bonds. The quantitative estimate of drug-likeness (QED) is 0.853. The summed E-state index contributed by atoms with van der Waals surface area (Å²) in [6.07, 6.45) is 7.41. The van der Waals surface area contributed by atoms with Gasteiger partial charge >= 0.3 is 0 Å². The van der Waals surface area contributed by atoms with Crippen molar-refractivity contribution in [1.82, 2.24) is 9.80 Å². The first-order chi connectivity index (χ1) is 10.7. The van der Waals surface area contributed by atoms with Crippen molar-refractivity contribution in [1.29, 1.82) is 0 Å². The summed E-state index contributed by atoms with van der Waals surface area (Å²) in [6.45, 7) is 5.39. The first-order valence-electron chi connectivity index (χ1n) is 8.98. The molecule has 0 bridgehead atoms. The van der Waals surface area contributed by atoms with Crippen molar-refractivity contribution < 1.29 is 14.6 Å². The first kappa shape index (κ1) is 16.2. The van der Waals surface area contributed by atoms with Crippen molar-refractivity contribution in [3.05, 3.63) is 0 Å². The van der Waals surface area contributed by atoms with Gasteiger partial charge in [-0.25, -0.2) is 0 Å². The summed E-state index contributed by atoms with van der Waals surface area (Å²) in [6, 6.07) is 0.331. The van der Waals surface area contributed by atoms with Gasteiger partial charge in [-0.05, 0) is 25.7 Å². The van der Waals surface area contributed by atoms with Crippen molar-refractivity contribution in [2.45, 2.75) is 63.0 Å². The van der Waals surface area contributed by atoms with E-state index < -0.39 is 5.60 Å². The first-order valence-corrected chi connectivity index (χ1v) is 8.98. The third kappa shape index (κ3) is 4.00. The molecule has 5 heteroatoms. The summed E-state index contributed by atoms with van der Waals surface area (Å²) in [4.78, 5) is 17.1. The molecule has 22 heavy (non-hydrogen) atoms. The second-order valence-corrected chi connectivity index (χ2v) is 7.26. The van der Waals surface area contributed by atoms with E-state index in [0.717, 1.165) is 77.9 Å². The van der Waals surface area contributed by atoms with E-state index in [1.807, 2.05) is 4.90 Å². The van der Waals surface area contributed by atoms with Crippen LogP contribution in [0.2, 0.25) is 0 Å². The van der Waals surface area contributed by atoms with Gasteiger partial charge < -0.3 is 14.7 Å². The third-order valence-corrected chi connectivity index (χ3v) is 5.53. The van der Waals surface area contributed by atoms with Crippen LogP contribution in [-0.4, -0.2) is 71.8 Å². The van der Waals surface area contributed by atoms with Gasteiger partial charge in [0.05, 0.1) is 25.2 Å². The number of hydrogen-bond donors (Lipinski definition) is 1. The molecule has 2 aliphatic heterocycles. The van der Waals surface area contributed by atoms with E-state index in [1.165, 1.54) is 6.42 Å². The average Bonchev–Trinajstić information content (AvgIpc) is 2.97. The zero-order valence-corrected chi connectivity index (χ0v) is 13.6. The number of rotatable bonds is 4. The van der Waals surface area contributed by atoms with Crippen molar-refractivity contribution >= 4 is 5.91 Å².